The minimum atomic E-state index is -2.77. The first-order chi connectivity index (χ1) is 23.8. The van der Waals surface area contributed by atoms with Crippen molar-refractivity contribution in [2.45, 2.75) is 129 Å². The Labute approximate surface area is 336 Å². The van der Waals surface area contributed by atoms with Crippen LogP contribution in [0.3, 0.4) is 0 Å². The fourth-order valence-corrected chi connectivity index (χ4v) is 17.5. The largest absolute Gasteiger partial charge is 1.00 e. The zero-order valence-corrected chi connectivity index (χ0v) is 37.4. The summed E-state index contributed by atoms with van der Waals surface area (Å²) in [5.41, 5.74) is 17.9. The maximum atomic E-state index is 2.62. The molecule has 52 heavy (non-hydrogen) atoms. The van der Waals surface area contributed by atoms with Crippen LogP contribution in [0, 0.1) is 13.8 Å². The summed E-state index contributed by atoms with van der Waals surface area (Å²) >= 11 is -2.77. The summed E-state index contributed by atoms with van der Waals surface area (Å²) < 4.78 is 3.79. The van der Waals surface area contributed by atoms with E-state index in [0.717, 1.165) is 19.3 Å². The van der Waals surface area contributed by atoms with E-state index in [1.165, 1.54) is 81.3 Å². The molecule has 0 saturated carbocycles. The maximum Gasteiger partial charge on any atom is -1.00 e. The number of halogens is 2. The molecule has 2 aliphatic carbocycles. The van der Waals surface area contributed by atoms with Gasteiger partial charge < -0.3 is 24.8 Å². The van der Waals surface area contributed by atoms with Crippen molar-refractivity contribution in [1.82, 2.24) is 0 Å². The first-order valence-corrected chi connectivity index (χ1v) is 23.3. The average Bonchev–Trinajstić information content (AvgIpc) is 3.70. The number of allylic oxidation sites excluding steroid dienone is 4. The first kappa shape index (κ1) is 42.4. The van der Waals surface area contributed by atoms with E-state index in [1.807, 2.05) is 0 Å². The molecule has 0 aromatic heterocycles. The third-order valence-corrected chi connectivity index (χ3v) is 19.4. The minimum absolute atomic E-state index is 0. The number of hydrogen-bond donors (Lipinski definition) is 0. The molecule has 3 heteroatoms. The topological polar surface area (TPSA) is 0 Å². The van der Waals surface area contributed by atoms with Crippen molar-refractivity contribution >= 4 is 3.21 Å². The van der Waals surface area contributed by atoms with Gasteiger partial charge in [0.05, 0.1) is 0 Å². The molecule has 6 rings (SSSR count). The van der Waals surface area contributed by atoms with Gasteiger partial charge in [0.2, 0.25) is 0 Å². The van der Waals surface area contributed by atoms with Gasteiger partial charge in [-0.1, -0.05) is 0 Å². The molecule has 0 unspecified atom stereocenters. The second kappa shape index (κ2) is 17.4. The van der Waals surface area contributed by atoms with Crippen molar-refractivity contribution in [3.05, 3.63) is 150 Å². The number of fused-ring (bicyclic) bond motifs is 3. The van der Waals surface area contributed by atoms with E-state index in [9.17, 15) is 0 Å². The molecule has 2 aliphatic rings. The molecule has 0 amide bonds. The summed E-state index contributed by atoms with van der Waals surface area (Å²) in [6, 6.07) is 30.1. The molecule has 4 aromatic rings. The van der Waals surface area contributed by atoms with E-state index >= 15 is 0 Å². The van der Waals surface area contributed by atoms with Gasteiger partial charge in [-0.2, -0.15) is 0 Å². The predicted molar refractivity (Wildman–Crippen MR) is 216 cm³/mol. The fraction of sp³-hybridized carbons (Fsp3) is 0.408. The van der Waals surface area contributed by atoms with Crippen LogP contribution < -0.4 is 24.8 Å². The van der Waals surface area contributed by atoms with E-state index in [2.05, 4.69) is 160 Å². The van der Waals surface area contributed by atoms with Crippen LogP contribution in [-0.4, -0.2) is 3.21 Å². The number of benzene rings is 4. The van der Waals surface area contributed by atoms with Crippen molar-refractivity contribution in [1.29, 1.82) is 0 Å². The van der Waals surface area contributed by atoms with Gasteiger partial charge in [0.1, 0.15) is 0 Å². The fourth-order valence-electron chi connectivity index (χ4n) is 8.55. The van der Waals surface area contributed by atoms with Gasteiger partial charge >= 0.3 is 314 Å². The average molecular weight is 811 g/mol. The van der Waals surface area contributed by atoms with Gasteiger partial charge in [-0.15, -0.1) is 0 Å². The SMILES string of the molecule is CCCCc1ccc([C](c2ccc(CCCC)cc2)=[Zr+2]([C]2=CC=CC2)[CH]2c3cc(C)c(C(C)(C)C)cc3-c3cc(C(C)(C)C)c(C)cc32)cc1.[Cl-].[Cl-]. The Balaban J connectivity index is 0.00000302. The van der Waals surface area contributed by atoms with Crippen LogP contribution in [-0.2, 0) is 44.9 Å². The number of unbranched alkanes of at least 4 members (excludes halogenated alkanes) is 2. The van der Waals surface area contributed by atoms with E-state index in [-0.39, 0.29) is 35.6 Å². The van der Waals surface area contributed by atoms with Crippen molar-refractivity contribution in [3.63, 3.8) is 0 Å². The van der Waals surface area contributed by atoms with Gasteiger partial charge in [-0.25, -0.2) is 0 Å². The van der Waals surface area contributed by atoms with E-state index in [0.29, 0.717) is 3.63 Å². The third kappa shape index (κ3) is 8.80. The molecular weight excluding hydrogens is 751 g/mol. The monoisotopic (exact) mass is 808 g/mol. The van der Waals surface area contributed by atoms with Gasteiger partial charge in [-0.05, 0) is 0 Å². The second-order valence-corrected chi connectivity index (χ2v) is 23.4. The Bertz CT molecular complexity index is 1840. The molecule has 0 N–H and O–H groups in total. The molecule has 274 valence electrons. The molecule has 0 nitrogen and oxygen atoms in total. The van der Waals surface area contributed by atoms with E-state index < -0.39 is 21.3 Å². The van der Waals surface area contributed by atoms with Crippen LogP contribution in [0.2, 0.25) is 0 Å². The summed E-state index contributed by atoms with van der Waals surface area (Å²) in [4.78, 5) is 0. The van der Waals surface area contributed by atoms with Crippen LogP contribution in [0.5, 0.6) is 0 Å². The molecule has 4 aromatic carbocycles. The van der Waals surface area contributed by atoms with Crippen LogP contribution in [0.15, 0.2) is 94.3 Å². The minimum Gasteiger partial charge on any atom is -1.00 e. The summed E-state index contributed by atoms with van der Waals surface area (Å²) in [7, 11) is 0. The van der Waals surface area contributed by atoms with Crippen LogP contribution >= 0.6 is 0 Å². The third-order valence-electron chi connectivity index (χ3n) is 11.1. The van der Waals surface area contributed by atoms with Crippen molar-refractivity contribution in [2.24, 2.45) is 0 Å². The Morgan fingerprint density at radius 3 is 1.40 bits per heavy atom. The van der Waals surface area contributed by atoms with Crippen LogP contribution in [0.1, 0.15) is 147 Å². The van der Waals surface area contributed by atoms with Gasteiger partial charge in [0.25, 0.3) is 0 Å². The van der Waals surface area contributed by atoms with Gasteiger partial charge in [0, 0.05) is 0 Å². The normalized spacial score (nSPS) is 13.4. The Morgan fingerprint density at radius 1 is 0.635 bits per heavy atom. The van der Waals surface area contributed by atoms with Crippen molar-refractivity contribution < 1.29 is 46.1 Å². The summed E-state index contributed by atoms with van der Waals surface area (Å²) in [6.07, 6.45) is 15.6. The summed E-state index contributed by atoms with van der Waals surface area (Å²) in [5, 5.41) is 0. The molecule has 0 bridgehead atoms. The molecule has 0 saturated heterocycles. The Morgan fingerprint density at radius 2 is 1.06 bits per heavy atom. The zero-order chi connectivity index (χ0) is 35.8. The molecule has 0 radical (unpaired) electrons. The summed E-state index contributed by atoms with van der Waals surface area (Å²) in [6.45, 7) is 23.6. The van der Waals surface area contributed by atoms with Gasteiger partial charge in [0.15, 0.2) is 0 Å². The van der Waals surface area contributed by atoms with Crippen LogP contribution in [0.25, 0.3) is 11.1 Å². The number of rotatable bonds is 10. The van der Waals surface area contributed by atoms with E-state index in [1.54, 1.807) is 17.6 Å². The quantitative estimate of drug-likeness (QED) is 0.157. The zero-order valence-electron chi connectivity index (χ0n) is 33.4. The molecule has 0 atom stereocenters. The van der Waals surface area contributed by atoms with Crippen molar-refractivity contribution in [3.8, 4) is 11.1 Å². The number of hydrogen-bond acceptors (Lipinski definition) is 0. The second-order valence-electron chi connectivity index (χ2n) is 17.2. The Hall–Kier alpha value is -2.31. The van der Waals surface area contributed by atoms with Gasteiger partial charge in [-0.3, -0.25) is 0 Å². The maximum absolute atomic E-state index is 2.77. The molecule has 0 fully saturated rings. The standard InChI is InChI=1S/C23H29.C21H26.C5H5.2ClH.Zr/c1-14-9-16-11-17-10-15(2)21(23(6,7)8)13-19(17)18(16)12-20(14)22(3,4)5;1-3-5-7-18-9-13-20(14-10-18)17-21-15-11-19(12-16-21)8-6-4-2;1-2-4-5-3-1;;;/h9-13H,1-8H3;9-16H,3-8H2,1-2H3;1-3H,4H2;2*1H;/q;;;;;+2/p-2. The summed E-state index contributed by atoms with van der Waals surface area (Å²) in [5.74, 6) is 0. The molecule has 0 spiro atoms. The smallest absolute Gasteiger partial charge is 1.00 e. The first-order valence-electron chi connectivity index (χ1n) is 19.4. The molecular formula is C49H60Cl2Zr. The predicted octanol–water partition coefficient (Wildman–Crippen LogP) is 7.39. The van der Waals surface area contributed by atoms with Crippen molar-refractivity contribution in [2.75, 3.05) is 0 Å². The number of aryl methyl sites for hydroxylation is 4. The molecule has 0 heterocycles. The molecule has 0 aliphatic heterocycles. The van der Waals surface area contributed by atoms with Crippen LogP contribution in [0.4, 0.5) is 0 Å². The Kier molecular flexibility index (Phi) is 14.2. The van der Waals surface area contributed by atoms with E-state index in [4.69, 9.17) is 0 Å².